The standard InChI is InChI=1S/C16H19N3O2/c1-11-9-13(19-17)7-8-14(11)16(20)18-10-12-5-3-4-6-15(12)21-2/h3-9,19H,10,17H2,1-2H3,(H,18,20). The number of aryl methyl sites for hydroxylation is 1. The first-order chi connectivity index (χ1) is 10.2. The molecule has 5 heteroatoms. The van der Waals surface area contributed by atoms with E-state index in [1.165, 1.54) is 0 Å². The molecule has 21 heavy (non-hydrogen) atoms. The van der Waals surface area contributed by atoms with E-state index in [4.69, 9.17) is 10.6 Å². The van der Waals surface area contributed by atoms with Gasteiger partial charge in [0.2, 0.25) is 0 Å². The van der Waals surface area contributed by atoms with Gasteiger partial charge in [0.25, 0.3) is 5.91 Å². The third kappa shape index (κ3) is 3.52. The average Bonchev–Trinajstić information content (AvgIpc) is 2.52. The van der Waals surface area contributed by atoms with E-state index in [1.807, 2.05) is 37.3 Å². The van der Waals surface area contributed by atoms with Crippen molar-refractivity contribution in [3.63, 3.8) is 0 Å². The lowest BCUT2D eigenvalue weighted by Crippen LogP contribution is -2.24. The zero-order valence-electron chi connectivity index (χ0n) is 12.1. The number of carbonyl (C=O) groups excluding carboxylic acids is 1. The third-order valence-electron chi connectivity index (χ3n) is 3.27. The minimum Gasteiger partial charge on any atom is -0.496 e. The molecule has 5 nitrogen and oxygen atoms in total. The molecule has 0 aliphatic rings. The highest BCUT2D eigenvalue weighted by Crippen LogP contribution is 2.18. The van der Waals surface area contributed by atoms with Gasteiger partial charge in [0.05, 0.1) is 7.11 Å². The van der Waals surface area contributed by atoms with Gasteiger partial charge in [0.1, 0.15) is 5.75 Å². The summed E-state index contributed by atoms with van der Waals surface area (Å²) in [6, 6.07) is 13.0. The molecule has 0 saturated carbocycles. The van der Waals surface area contributed by atoms with E-state index in [1.54, 1.807) is 19.2 Å². The summed E-state index contributed by atoms with van der Waals surface area (Å²) in [5, 5.41) is 2.90. The van der Waals surface area contributed by atoms with Crippen LogP contribution in [0, 0.1) is 6.92 Å². The van der Waals surface area contributed by atoms with E-state index < -0.39 is 0 Å². The van der Waals surface area contributed by atoms with Crippen molar-refractivity contribution in [2.24, 2.45) is 5.84 Å². The number of hydrogen-bond donors (Lipinski definition) is 3. The van der Waals surface area contributed by atoms with E-state index in [0.717, 1.165) is 22.6 Å². The van der Waals surface area contributed by atoms with Crippen molar-refractivity contribution in [1.29, 1.82) is 0 Å². The molecule has 0 atom stereocenters. The molecule has 110 valence electrons. The Morgan fingerprint density at radius 2 is 2.00 bits per heavy atom. The van der Waals surface area contributed by atoms with Crippen LogP contribution in [0.1, 0.15) is 21.5 Å². The average molecular weight is 285 g/mol. The van der Waals surface area contributed by atoms with Gasteiger partial charge in [0, 0.05) is 23.4 Å². The van der Waals surface area contributed by atoms with Gasteiger partial charge in [-0.2, -0.15) is 0 Å². The topological polar surface area (TPSA) is 76.4 Å². The Balaban J connectivity index is 2.08. The molecular weight excluding hydrogens is 266 g/mol. The third-order valence-corrected chi connectivity index (χ3v) is 3.27. The summed E-state index contributed by atoms with van der Waals surface area (Å²) in [5.74, 6) is 5.99. The van der Waals surface area contributed by atoms with Gasteiger partial charge in [-0.25, -0.2) is 0 Å². The molecule has 4 N–H and O–H groups in total. The Hall–Kier alpha value is -2.53. The molecule has 1 amide bonds. The van der Waals surface area contributed by atoms with E-state index >= 15 is 0 Å². The Bertz CT molecular complexity index is 641. The Kier molecular flexibility index (Phi) is 4.79. The van der Waals surface area contributed by atoms with Crippen molar-refractivity contribution in [3.05, 3.63) is 59.2 Å². The van der Waals surface area contributed by atoms with Gasteiger partial charge in [-0.3, -0.25) is 10.6 Å². The number of nitrogens with one attached hydrogen (secondary N) is 2. The summed E-state index contributed by atoms with van der Waals surface area (Å²) in [5.41, 5.74) is 5.76. The van der Waals surface area contributed by atoms with Crippen molar-refractivity contribution >= 4 is 11.6 Å². The molecule has 0 saturated heterocycles. The smallest absolute Gasteiger partial charge is 0.251 e. The highest BCUT2D eigenvalue weighted by Gasteiger charge is 2.10. The van der Waals surface area contributed by atoms with E-state index in [9.17, 15) is 4.79 Å². The fourth-order valence-corrected chi connectivity index (χ4v) is 2.13. The maximum atomic E-state index is 12.2. The molecular formula is C16H19N3O2. The fraction of sp³-hybridized carbons (Fsp3) is 0.188. The number of methoxy groups -OCH3 is 1. The van der Waals surface area contributed by atoms with Crippen LogP contribution in [0.2, 0.25) is 0 Å². The molecule has 0 aromatic heterocycles. The van der Waals surface area contributed by atoms with Crippen LogP contribution in [0.5, 0.6) is 5.75 Å². The highest BCUT2D eigenvalue weighted by atomic mass is 16.5. The summed E-state index contributed by atoms with van der Waals surface area (Å²) >= 11 is 0. The lowest BCUT2D eigenvalue weighted by Gasteiger charge is -2.11. The lowest BCUT2D eigenvalue weighted by atomic mass is 10.1. The van der Waals surface area contributed by atoms with Crippen molar-refractivity contribution in [1.82, 2.24) is 5.32 Å². The summed E-state index contributed by atoms with van der Waals surface area (Å²) < 4.78 is 5.26. The largest absolute Gasteiger partial charge is 0.496 e. The van der Waals surface area contributed by atoms with E-state index in [2.05, 4.69) is 10.7 Å². The first-order valence-corrected chi connectivity index (χ1v) is 6.63. The fourth-order valence-electron chi connectivity index (χ4n) is 2.13. The minimum atomic E-state index is -0.123. The number of nitrogen functional groups attached to an aromatic ring is 1. The van der Waals surface area contributed by atoms with Crippen LogP contribution in [0.4, 0.5) is 5.69 Å². The van der Waals surface area contributed by atoms with Crippen LogP contribution in [0.25, 0.3) is 0 Å². The number of nitrogens with two attached hydrogens (primary N) is 1. The van der Waals surface area contributed by atoms with Crippen LogP contribution in [-0.2, 0) is 6.54 Å². The molecule has 0 bridgehead atoms. The predicted octanol–water partition coefficient (Wildman–Crippen LogP) is 2.22. The Morgan fingerprint density at radius 3 is 2.67 bits per heavy atom. The number of anilines is 1. The number of amides is 1. The van der Waals surface area contributed by atoms with Crippen LogP contribution in [0.15, 0.2) is 42.5 Å². The maximum Gasteiger partial charge on any atom is 0.251 e. The summed E-state index contributed by atoms with van der Waals surface area (Å²) in [6.07, 6.45) is 0. The number of ether oxygens (including phenoxy) is 1. The SMILES string of the molecule is COc1ccccc1CNC(=O)c1ccc(NN)cc1C. The molecule has 0 aliphatic heterocycles. The van der Waals surface area contributed by atoms with Crippen LogP contribution in [0.3, 0.4) is 0 Å². The van der Waals surface area contributed by atoms with Gasteiger partial charge in [-0.1, -0.05) is 18.2 Å². The molecule has 2 aromatic rings. The summed E-state index contributed by atoms with van der Waals surface area (Å²) in [4.78, 5) is 12.2. The van der Waals surface area contributed by atoms with Crippen molar-refractivity contribution < 1.29 is 9.53 Å². The molecule has 2 aromatic carbocycles. The van der Waals surface area contributed by atoms with Crippen molar-refractivity contribution in [3.8, 4) is 5.75 Å². The summed E-state index contributed by atoms with van der Waals surface area (Å²) in [6.45, 7) is 2.29. The minimum absolute atomic E-state index is 0.123. The number of hydrazine groups is 1. The Morgan fingerprint density at radius 1 is 1.24 bits per heavy atom. The van der Waals surface area contributed by atoms with Gasteiger partial charge < -0.3 is 15.5 Å². The predicted molar refractivity (Wildman–Crippen MR) is 83.2 cm³/mol. The number of hydrogen-bond acceptors (Lipinski definition) is 4. The maximum absolute atomic E-state index is 12.2. The second-order valence-corrected chi connectivity index (χ2v) is 4.67. The van der Waals surface area contributed by atoms with Gasteiger partial charge >= 0.3 is 0 Å². The quantitative estimate of drug-likeness (QED) is 0.581. The Labute approximate surface area is 124 Å². The number of rotatable bonds is 5. The highest BCUT2D eigenvalue weighted by molar-refractivity contribution is 5.96. The second-order valence-electron chi connectivity index (χ2n) is 4.67. The first-order valence-electron chi connectivity index (χ1n) is 6.63. The molecule has 0 spiro atoms. The van der Waals surface area contributed by atoms with Crippen LogP contribution >= 0.6 is 0 Å². The molecule has 0 fully saturated rings. The zero-order chi connectivity index (χ0) is 15.2. The lowest BCUT2D eigenvalue weighted by molar-refractivity contribution is 0.0950. The van der Waals surface area contributed by atoms with Gasteiger partial charge in [-0.15, -0.1) is 0 Å². The van der Waals surface area contributed by atoms with Crippen LogP contribution in [-0.4, -0.2) is 13.0 Å². The zero-order valence-corrected chi connectivity index (χ0v) is 12.1. The van der Waals surface area contributed by atoms with Crippen molar-refractivity contribution in [2.75, 3.05) is 12.5 Å². The number of benzene rings is 2. The van der Waals surface area contributed by atoms with Crippen molar-refractivity contribution in [2.45, 2.75) is 13.5 Å². The molecule has 0 radical (unpaired) electrons. The number of para-hydroxylation sites is 1. The summed E-state index contributed by atoms with van der Waals surface area (Å²) in [7, 11) is 1.61. The molecule has 0 unspecified atom stereocenters. The van der Waals surface area contributed by atoms with E-state index in [0.29, 0.717) is 12.1 Å². The normalized spacial score (nSPS) is 10.0. The molecule has 0 aliphatic carbocycles. The van der Waals surface area contributed by atoms with Crippen LogP contribution < -0.4 is 21.3 Å². The second kappa shape index (κ2) is 6.76. The first kappa shape index (κ1) is 14.9. The van der Waals surface area contributed by atoms with Gasteiger partial charge in [-0.05, 0) is 36.8 Å². The molecule has 0 heterocycles. The van der Waals surface area contributed by atoms with Gasteiger partial charge in [0.15, 0.2) is 0 Å². The molecule has 2 rings (SSSR count). The number of carbonyl (C=O) groups is 1. The van der Waals surface area contributed by atoms with E-state index in [-0.39, 0.29) is 5.91 Å². The monoisotopic (exact) mass is 285 g/mol.